The van der Waals surface area contributed by atoms with Crippen molar-refractivity contribution in [3.8, 4) is 0 Å². The third-order valence-electron chi connectivity index (χ3n) is 2.89. The fraction of sp³-hybridized carbons (Fsp3) is 0.312. The average Bonchev–Trinajstić information content (AvgIpc) is 2.42. The molecule has 0 amide bonds. The highest BCUT2D eigenvalue weighted by molar-refractivity contribution is 5.79. The van der Waals surface area contributed by atoms with E-state index in [4.69, 9.17) is 0 Å². The van der Waals surface area contributed by atoms with Gasteiger partial charge in [0, 0.05) is 11.4 Å². The van der Waals surface area contributed by atoms with E-state index in [0.29, 0.717) is 6.04 Å². The van der Waals surface area contributed by atoms with Crippen molar-refractivity contribution in [2.45, 2.75) is 26.3 Å². The van der Waals surface area contributed by atoms with Crippen molar-refractivity contribution in [3.05, 3.63) is 48.2 Å². The Bertz CT molecular complexity index is 531. The maximum atomic E-state index is 4.61. The number of hydrogen-bond acceptors (Lipinski definition) is 2. The van der Waals surface area contributed by atoms with Gasteiger partial charge in [-0.25, -0.2) is 4.98 Å². The van der Waals surface area contributed by atoms with Crippen LogP contribution in [0.2, 0.25) is 0 Å². The number of benzene rings is 1. The molecular formula is C16H20N2. The zero-order valence-electron chi connectivity index (χ0n) is 11.1. The molecule has 0 aliphatic carbocycles. The maximum Gasteiger partial charge on any atom is 0.0709 e. The van der Waals surface area contributed by atoms with Crippen molar-refractivity contribution < 1.29 is 0 Å². The summed E-state index contributed by atoms with van der Waals surface area (Å²) in [4.78, 5) is 4.61. The zero-order valence-corrected chi connectivity index (χ0v) is 11.1. The van der Waals surface area contributed by atoms with E-state index < -0.39 is 0 Å². The van der Waals surface area contributed by atoms with Crippen LogP contribution in [-0.4, -0.2) is 17.6 Å². The van der Waals surface area contributed by atoms with Crippen molar-refractivity contribution in [2.75, 3.05) is 6.54 Å². The standard InChI is InChI=1S/C16H20N2/c1-3-12-17-13(2)8-10-15-11-9-14-6-4-5-7-16(14)18-15/h4-11,13,17H,3,12H2,1-2H3/b10-8+. The van der Waals surface area contributed by atoms with E-state index in [1.54, 1.807) is 0 Å². The van der Waals surface area contributed by atoms with Crippen molar-refractivity contribution >= 4 is 17.0 Å². The monoisotopic (exact) mass is 240 g/mol. The first-order valence-electron chi connectivity index (χ1n) is 6.57. The van der Waals surface area contributed by atoms with Crippen molar-refractivity contribution in [2.24, 2.45) is 0 Å². The first kappa shape index (κ1) is 12.8. The minimum Gasteiger partial charge on any atom is -0.311 e. The Hall–Kier alpha value is -1.67. The topological polar surface area (TPSA) is 24.9 Å². The van der Waals surface area contributed by atoms with Crippen LogP contribution < -0.4 is 5.32 Å². The quantitative estimate of drug-likeness (QED) is 0.863. The van der Waals surface area contributed by atoms with Crippen molar-refractivity contribution in [3.63, 3.8) is 0 Å². The molecule has 1 N–H and O–H groups in total. The normalized spacial score (nSPS) is 13.2. The Morgan fingerprint density at radius 3 is 2.89 bits per heavy atom. The van der Waals surface area contributed by atoms with Crippen LogP contribution in [0.15, 0.2) is 42.5 Å². The van der Waals surface area contributed by atoms with Crippen LogP contribution in [0.3, 0.4) is 0 Å². The Kier molecular flexibility index (Phi) is 4.48. The minimum atomic E-state index is 0.387. The minimum absolute atomic E-state index is 0.387. The van der Waals surface area contributed by atoms with Gasteiger partial charge in [-0.3, -0.25) is 0 Å². The van der Waals surface area contributed by atoms with Crippen molar-refractivity contribution in [1.29, 1.82) is 0 Å². The Morgan fingerprint density at radius 1 is 1.22 bits per heavy atom. The molecule has 2 nitrogen and oxygen atoms in total. The molecule has 2 rings (SSSR count). The third-order valence-corrected chi connectivity index (χ3v) is 2.89. The molecule has 0 fully saturated rings. The molecule has 1 heterocycles. The molecule has 0 radical (unpaired) electrons. The van der Waals surface area contributed by atoms with Gasteiger partial charge in [0.15, 0.2) is 0 Å². The number of rotatable bonds is 5. The number of para-hydroxylation sites is 1. The molecule has 1 atom stereocenters. The average molecular weight is 240 g/mol. The highest BCUT2D eigenvalue weighted by atomic mass is 14.9. The maximum absolute atomic E-state index is 4.61. The lowest BCUT2D eigenvalue weighted by Crippen LogP contribution is -2.24. The summed E-state index contributed by atoms with van der Waals surface area (Å²) in [5.41, 5.74) is 2.06. The van der Waals surface area contributed by atoms with Gasteiger partial charge in [0.05, 0.1) is 11.2 Å². The van der Waals surface area contributed by atoms with Gasteiger partial charge in [0.1, 0.15) is 0 Å². The fourth-order valence-electron chi connectivity index (χ4n) is 1.86. The second-order valence-corrected chi connectivity index (χ2v) is 4.53. The summed E-state index contributed by atoms with van der Waals surface area (Å²) in [6, 6.07) is 12.8. The van der Waals surface area contributed by atoms with E-state index in [0.717, 1.165) is 24.2 Å². The molecule has 2 aromatic rings. The molecule has 1 aromatic carbocycles. The van der Waals surface area contributed by atoms with Gasteiger partial charge in [0.25, 0.3) is 0 Å². The van der Waals surface area contributed by atoms with Crippen LogP contribution in [0.25, 0.3) is 17.0 Å². The molecule has 0 saturated carbocycles. The SMILES string of the molecule is CCCNC(C)/C=C/c1ccc2ccccc2n1. The van der Waals surface area contributed by atoms with E-state index in [9.17, 15) is 0 Å². The summed E-state index contributed by atoms with van der Waals surface area (Å²) >= 11 is 0. The second kappa shape index (κ2) is 6.31. The molecule has 94 valence electrons. The lowest BCUT2D eigenvalue weighted by Gasteiger charge is -2.07. The van der Waals surface area contributed by atoms with Crippen LogP contribution in [0.5, 0.6) is 0 Å². The summed E-state index contributed by atoms with van der Waals surface area (Å²) in [5.74, 6) is 0. The van der Waals surface area contributed by atoms with Gasteiger partial charge in [-0.15, -0.1) is 0 Å². The molecular weight excluding hydrogens is 220 g/mol. The molecule has 1 aromatic heterocycles. The predicted octanol–water partition coefficient (Wildman–Crippen LogP) is 3.64. The van der Waals surface area contributed by atoms with E-state index in [1.165, 1.54) is 5.39 Å². The van der Waals surface area contributed by atoms with Crippen LogP contribution >= 0.6 is 0 Å². The summed E-state index contributed by atoms with van der Waals surface area (Å²) in [5, 5.41) is 4.61. The van der Waals surface area contributed by atoms with E-state index in [2.05, 4.69) is 54.5 Å². The van der Waals surface area contributed by atoms with Gasteiger partial charge in [0.2, 0.25) is 0 Å². The van der Waals surface area contributed by atoms with E-state index >= 15 is 0 Å². The van der Waals surface area contributed by atoms with Crippen LogP contribution in [0, 0.1) is 0 Å². The van der Waals surface area contributed by atoms with Crippen molar-refractivity contribution in [1.82, 2.24) is 10.3 Å². The van der Waals surface area contributed by atoms with E-state index in [-0.39, 0.29) is 0 Å². The van der Waals surface area contributed by atoms with Gasteiger partial charge in [-0.2, -0.15) is 0 Å². The number of pyridine rings is 1. The first-order chi connectivity index (χ1) is 8.79. The lowest BCUT2D eigenvalue weighted by molar-refractivity contribution is 0.625. The highest BCUT2D eigenvalue weighted by Crippen LogP contribution is 2.12. The number of nitrogens with one attached hydrogen (secondary N) is 1. The number of nitrogens with zero attached hydrogens (tertiary/aromatic N) is 1. The number of aromatic nitrogens is 1. The van der Waals surface area contributed by atoms with Gasteiger partial charge in [-0.1, -0.05) is 37.3 Å². The first-order valence-corrected chi connectivity index (χ1v) is 6.57. The summed E-state index contributed by atoms with van der Waals surface area (Å²) in [6.45, 7) is 5.39. The van der Waals surface area contributed by atoms with Crippen LogP contribution in [0.4, 0.5) is 0 Å². The molecule has 0 spiro atoms. The molecule has 0 saturated heterocycles. The summed E-state index contributed by atoms with van der Waals surface area (Å²) < 4.78 is 0. The molecule has 0 aliphatic rings. The molecule has 0 bridgehead atoms. The predicted molar refractivity (Wildman–Crippen MR) is 78.5 cm³/mol. The third kappa shape index (κ3) is 3.41. The molecule has 2 heteroatoms. The fourth-order valence-corrected chi connectivity index (χ4v) is 1.86. The smallest absolute Gasteiger partial charge is 0.0709 e. The summed E-state index contributed by atoms with van der Waals surface area (Å²) in [7, 11) is 0. The Labute approximate surface area is 109 Å². The zero-order chi connectivity index (χ0) is 12.8. The molecule has 18 heavy (non-hydrogen) atoms. The summed E-state index contributed by atoms with van der Waals surface area (Å²) in [6.07, 6.45) is 5.40. The lowest BCUT2D eigenvalue weighted by atomic mass is 10.2. The highest BCUT2D eigenvalue weighted by Gasteiger charge is 1.96. The Balaban J connectivity index is 2.09. The van der Waals surface area contributed by atoms with Crippen LogP contribution in [-0.2, 0) is 0 Å². The molecule has 1 unspecified atom stereocenters. The largest absolute Gasteiger partial charge is 0.311 e. The Morgan fingerprint density at radius 2 is 2.06 bits per heavy atom. The second-order valence-electron chi connectivity index (χ2n) is 4.53. The van der Waals surface area contributed by atoms with E-state index in [1.807, 2.05) is 18.2 Å². The van der Waals surface area contributed by atoms with Gasteiger partial charge in [-0.05, 0) is 38.1 Å². The number of fused-ring (bicyclic) bond motifs is 1. The van der Waals surface area contributed by atoms with Crippen LogP contribution in [0.1, 0.15) is 26.0 Å². The number of hydrogen-bond donors (Lipinski definition) is 1. The molecule has 0 aliphatic heterocycles. The van der Waals surface area contributed by atoms with Gasteiger partial charge >= 0.3 is 0 Å². The van der Waals surface area contributed by atoms with Gasteiger partial charge < -0.3 is 5.32 Å².